The van der Waals surface area contributed by atoms with Crippen LogP contribution in [0, 0.1) is 0 Å². The molecule has 0 radical (unpaired) electrons. The third-order valence-corrected chi connectivity index (χ3v) is 6.33. The number of fused-ring (bicyclic) bond motifs is 1. The highest BCUT2D eigenvalue weighted by molar-refractivity contribution is 5.88. The standard InChI is InChI=1S/C18H25N5/c1-21-10-11-22(12-18(21)7-8-18)16-15-6-9-23(14-4-2-3-5-14)17(15)20-13-19-16/h6,9,13-14H,2-5,7-8,10-12H2,1H3. The van der Waals surface area contributed by atoms with Crippen LogP contribution in [0.4, 0.5) is 5.82 Å². The molecular formula is C18H25N5. The molecule has 2 aromatic heterocycles. The molecule has 0 N–H and O–H groups in total. The molecule has 2 aliphatic carbocycles. The van der Waals surface area contributed by atoms with E-state index < -0.39 is 0 Å². The lowest BCUT2D eigenvalue weighted by Crippen LogP contribution is -2.53. The van der Waals surface area contributed by atoms with Gasteiger partial charge in [-0.25, -0.2) is 9.97 Å². The average molecular weight is 311 g/mol. The van der Waals surface area contributed by atoms with Gasteiger partial charge in [0.1, 0.15) is 17.8 Å². The van der Waals surface area contributed by atoms with Crippen LogP contribution in [0.1, 0.15) is 44.6 Å². The van der Waals surface area contributed by atoms with Crippen molar-refractivity contribution < 1.29 is 0 Å². The second-order valence-corrected chi connectivity index (χ2v) is 7.66. The van der Waals surface area contributed by atoms with Crippen molar-refractivity contribution in [1.29, 1.82) is 0 Å². The molecule has 1 aliphatic heterocycles. The average Bonchev–Trinajstić information content (AvgIpc) is 3.00. The van der Waals surface area contributed by atoms with E-state index in [1.165, 1.54) is 43.9 Å². The first-order valence-electron chi connectivity index (χ1n) is 9.05. The molecule has 1 spiro atoms. The third-order valence-electron chi connectivity index (χ3n) is 6.33. The SMILES string of the molecule is CN1CCN(c2ncnc3c2ccn3C2CCCC2)CC12CC2. The Morgan fingerprint density at radius 2 is 1.96 bits per heavy atom. The Hall–Kier alpha value is -1.62. The smallest absolute Gasteiger partial charge is 0.145 e. The Bertz CT molecular complexity index is 726. The Morgan fingerprint density at radius 3 is 2.74 bits per heavy atom. The van der Waals surface area contributed by atoms with Crippen LogP contribution < -0.4 is 4.90 Å². The number of likely N-dealkylation sites (N-methyl/N-ethyl adjacent to an activating group) is 1. The van der Waals surface area contributed by atoms with E-state index in [4.69, 9.17) is 0 Å². The second kappa shape index (κ2) is 4.94. The number of aromatic nitrogens is 3. The van der Waals surface area contributed by atoms with Crippen LogP contribution in [-0.4, -0.2) is 51.7 Å². The topological polar surface area (TPSA) is 37.2 Å². The molecule has 1 saturated heterocycles. The lowest BCUT2D eigenvalue weighted by molar-refractivity contribution is 0.198. The normalized spacial score (nSPS) is 24.8. The van der Waals surface area contributed by atoms with Crippen LogP contribution in [0.3, 0.4) is 0 Å². The van der Waals surface area contributed by atoms with Gasteiger partial charge in [0.2, 0.25) is 0 Å². The summed E-state index contributed by atoms with van der Waals surface area (Å²) in [5.74, 6) is 1.14. The zero-order valence-electron chi connectivity index (χ0n) is 13.9. The van der Waals surface area contributed by atoms with E-state index in [0.29, 0.717) is 11.6 Å². The highest BCUT2D eigenvalue weighted by Crippen LogP contribution is 2.44. The quantitative estimate of drug-likeness (QED) is 0.854. The molecule has 122 valence electrons. The van der Waals surface area contributed by atoms with Gasteiger partial charge in [0, 0.05) is 37.4 Å². The van der Waals surface area contributed by atoms with E-state index in [2.05, 4.69) is 43.6 Å². The van der Waals surface area contributed by atoms with Gasteiger partial charge in [0.25, 0.3) is 0 Å². The highest BCUT2D eigenvalue weighted by Gasteiger charge is 2.49. The fraction of sp³-hybridized carbons (Fsp3) is 0.667. The summed E-state index contributed by atoms with van der Waals surface area (Å²) >= 11 is 0. The van der Waals surface area contributed by atoms with Crippen molar-refractivity contribution in [2.75, 3.05) is 31.6 Å². The van der Waals surface area contributed by atoms with E-state index >= 15 is 0 Å². The Kier molecular flexibility index (Phi) is 2.96. The fourth-order valence-corrected chi connectivity index (χ4v) is 4.61. The molecule has 0 aromatic carbocycles. The van der Waals surface area contributed by atoms with Gasteiger partial charge in [0.05, 0.1) is 5.39 Å². The minimum Gasteiger partial charge on any atom is -0.353 e. The summed E-state index contributed by atoms with van der Waals surface area (Å²) in [7, 11) is 2.27. The summed E-state index contributed by atoms with van der Waals surface area (Å²) in [5, 5.41) is 1.24. The van der Waals surface area contributed by atoms with Crippen LogP contribution >= 0.6 is 0 Å². The van der Waals surface area contributed by atoms with Gasteiger partial charge >= 0.3 is 0 Å². The van der Waals surface area contributed by atoms with Crippen molar-refractivity contribution in [2.45, 2.75) is 50.1 Å². The molecule has 5 heteroatoms. The molecule has 0 bridgehead atoms. The minimum atomic E-state index is 0.420. The number of rotatable bonds is 2. The molecule has 3 heterocycles. The molecule has 5 rings (SSSR count). The first kappa shape index (κ1) is 13.8. The maximum absolute atomic E-state index is 4.67. The largest absolute Gasteiger partial charge is 0.353 e. The summed E-state index contributed by atoms with van der Waals surface area (Å²) in [5.41, 5.74) is 1.55. The van der Waals surface area contributed by atoms with E-state index in [-0.39, 0.29) is 0 Å². The number of piperazine rings is 1. The zero-order valence-corrected chi connectivity index (χ0v) is 13.9. The molecule has 0 atom stereocenters. The number of hydrogen-bond acceptors (Lipinski definition) is 4. The highest BCUT2D eigenvalue weighted by atomic mass is 15.3. The molecule has 0 unspecified atom stereocenters. The summed E-state index contributed by atoms with van der Waals surface area (Å²) in [6.07, 6.45) is 11.9. The van der Waals surface area contributed by atoms with Gasteiger partial charge in [-0.2, -0.15) is 0 Å². The predicted molar refractivity (Wildman–Crippen MR) is 91.8 cm³/mol. The Labute approximate surface area is 137 Å². The van der Waals surface area contributed by atoms with Crippen molar-refractivity contribution in [1.82, 2.24) is 19.4 Å². The Morgan fingerprint density at radius 1 is 1.13 bits per heavy atom. The van der Waals surface area contributed by atoms with Crippen molar-refractivity contribution in [3.63, 3.8) is 0 Å². The predicted octanol–water partition coefficient (Wildman–Crippen LogP) is 2.83. The van der Waals surface area contributed by atoms with Crippen LogP contribution in [0.5, 0.6) is 0 Å². The second-order valence-electron chi connectivity index (χ2n) is 7.66. The van der Waals surface area contributed by atoms with E-state index in [9.17, 15) is 0 Å². The van der Waals surface area contributed by atoms with Gasteiger partial charge in [-0.1, -0.05) is 12.8 Å². The van der Waals surface area contributed by atoms with Crippen LogP contribution in [0.2, 0.25) is 0 Å². The number of nitrogens with zero attached hydrogens (tertiary/aromatic N) is 5. The van der Waals surface area contributed by atoms with Crippen molar-refractivity contribution in [2.24, 2.45) is 0 Å². The van der Waals surface area contributed by atoms with E-state index in [1.54, 1.807) is 6.33 Å². The number of anilines is 1. The van der Waals surface area contributed by atoms with Crippen LogP contribution in [0.25, 0.3) is 11.0 Å². The van der Waals surface area contributed by atoms with E-state index in [1.807, 2.05) is 0 Å². The Balaban J connectivity index is 1.52. The summed E-state index contributed by atoms with van der Waals surface area (Å²) in [6, 6.07) is 2.87. The molecule has 3 aliphatic rings. The summed E-state index contributed by atoms with van der Waals surface area (Å²) in [6.45, 7) is 3.32. The number of hydrogen-bond donors (Lipinski definition) is 0. The van der Waals surface area contributed by atoms with Gasteiger partial charge in [-0.05, 0) is 38.8 Å². The lowest BCUT2D eigenvalue weighted by Gasteiger charge is -2.40. The fourth-order valence-electron chi connectivity index (χ4n) is 4.61. The van der Waals surface area contributed by atoms with Gasteiger partial charge in [0.15, 0.2) is 0 Å². The van der Waals surface area contributed by atoms with Crippen molar-refractivity contribution >= 4 is 16.9 Å². The zero-order chi connectivity index (χ0) is 15.4. The molecule has 5 nitrogen and oxygen atoms in total. The summed E-state index contributed by atoms with van der Waals surface area (Å²) in [4.78, 5) is 14.3. The lowest BCUT2D eigenvalue weighted by atomic mass is 10.1. The monoisotopic (exact) mass is 311 g/mol. The molecule has 0 amide bonds. The molecule has 2 aromatic rings. The minimum absolute atomic E-state index is 0.420. The van der Waals surface area contributed by atoms with Crippen LogP contribution in [0.15, 0.2) is 18.6 Å². The van der Waals surface area contributed by atoms with Gasteiger partial charge in [-0.15, -0.1) is 0 Å². The van der Waals surface area contributed by atoms with Crippen molar-refractivity contribution in [3.8, 4) is 0 Å². The maximum Gasteiger partial charge on any atom is 0.145 e. The molecular weight excluding hydrogens is 286 g/mol. The summed E-state index contributed by atoms with van der Waals surface area (Å²) < 4.78 is 2.40. The molecule has 2 saturated carbocycles. The first-order valence-corrected chi connectivity index (χ1v) is 9.05. The molecule has 3 fully saturated rings. The van der Waals surface area contributed by atoms with E-state index in [0.717, 1.165) is 31.1 Å². The molecule has 23 heavy (non-hydrogen) atoms. The third kappa shape index (κ3) is 2.09. The van der Waals surface area contributed by atoms with Crippen molar-refractivity contribution in [3.05, 3.63) is 18.6 Å². The van der Waals surface area contributed by atoms with Crippen LogP contribution in [-0.2, 0) is 0 Å². The maximum atomic E-state index is 4.67. The van der Waals surface area contributed by atoms with Gasteiger partial charge in [-0.3, -0.25) is 4.90 Å². The first-order chi connectivity index (χ1) is 11.3. The van der Waals surface area contributed by atoms with Gasteiger partial charge < -0.3 is 9.47 Å².